The Hall–Kier alpha value is -1.79. The lowest BCUT2D eigenvalue weighted by Crippen LogP contribution is -2.38. The van der Waals surface area contributed by atoms with Crippen molar-refractivity contribution in [3.05, 3.63) is 24.3 Å². The number of carbonyl (C=O) groups is 1. The molecule has 1 saturated carbocycles. The van der Waals surface area contributed by atoms with Crippen LogP contribution in [0.5, 0.6) is 5.75 Å². The Morgan fingerprint density at radius 2 is 2.17 bits per heavy atom. The number of urea groups is 1. The second-order valence-electron chi connectivity index (χ2n) is 6.94. The summed E-state index contributed by atoms with van der Waals surface area (Å²) in [6.07, 6.45) is 5.06. The zero-order chi connectivity index (χ0) is 16.9. The summed E-state index contributed by atoms with van der Waals surface area (Å²) in [7, 11) is 1.83. The van der Waals surface area contributed by atoms with Crippen molar-refractivity contribution in [3.63, 3.8) is 0 Å². The molecule has 6 nitrogen and oxygen atoms in total. The molecule has 6 heteroatoms. The molecule has 2 unspecified atom stereocenters. The van der Waals surface area contributed by atoms with Crippen molar-refractivity contribution in [3.8, 4) is 5.75 Å². The quantitative estimate of drug-likeness (QED) is 0.775. The first-order valence-corrected chi connectivity index (χ1v) is 8.89. The van der Waals surface area contributed by atoms with E-state index in [4.69, 9.17) is 4.74 Å². The molecule has 0 bridgehead atoms. The average Bonchev–Trinajstić information content (AvgIpc) is 3.20. The van der Waals surface area contributed by atoms with E-state index in [0.29, 0.717) is 24.6 Å². The maximum absolute atomic E-state index is 12.4. The molecule has 2 aliphatic rings. The van der Waals surface area contributed by atoms with Crippen molar-refractivity contribution in [2.24, 2.45) is 5.92 Å². The summed E-state index contributed by atoms with van der Waals surface area (Å²) in [6, 6.07) is 7.96. The maximum atomic E-state index is 12.4. The minimum absolute atomic E-state index is 0.0906. The number of benzene rings is 1. The Kier molecular flexibility index (Phi) is 5.58. The Balaban J connectivity index is 1.53. The first-order chi connectivity index (χ1) is 11.6. The number of hydrogen-bond donors (Lipinski definition) is 3. The van der Waals surface area contributed by atoms with E-state index in [9.17, 15) is 4.79 Å². The van der Waals surface area contributed by atoms with Crippen LogP contribution in [0.4, 0.5) is 10.5 Å². The monoisotopic (exact) mass is 332 g/mol. The molecule has 24 heavy (non-hydrogen) atoms. The number of hydrogen-bond acceptors (Lipinski definition) is 4. The predicted molar refractivity (Wildman–Crippen MR) is 95.1 cm³/mol. The first-order valence-electron chi connectivity index (χ1n) is 8.89. The Morgan fingerprint density at radius 3 is 2.88 bits per heavy atom. The van der Waals surface area contributed by atoms with E-state index >= 15 is 0 Å². The number of carbonyl (C=O) groups excluding carboxylic acids is 1. The second kappa shape index (κ2) is 7.85. The van der Waals surface area contributed by atoms with Gasteiger partial charge in [-0.15, -0.1) is 0 Å². The largest absolute Gasteiger partial charge is 0.490 e. The van der Waals surface area contributed by atoms with Crippen LogP contribution in [0.25, 0.3) is 0 Å². The number of anilines is 1. The second-order valence-corrected chi connectivity index (χ2v) is 6.94. The Bertz CT molecular complexity index is 560. The normalized spacial score (nSPS) is 24.1. The fourth-order valence-electron chi connectivity index (χ4n) is 3.37. The van der Waals surface area contributed by atoms with Crippen LogP contribution in [0.3, 0.4) is 0 Å². The van der Waals surface area contributed by atoms with E-state index in [1.807, 2.05) is 31.3 Å². The molecular formula is C18H28N4O2. The maximum Gasteiger partial charge on any atom is 0.321 e. The number of nitrogens with one attached hydrogen (secondary N) is 3. The van der Waals surface area contributed by atoms with Crippen LogP contribution in [0, 0.1) is 5.92 Å². The molecule has 3 rings (SSSR count). The van der Waals surface area contributed by atoms with Crippen LogP contribution in [0.2, 0.25) is 0 Å². The van der Waals surface area contributed by atoms with Crippen molar-refractivity contribution < 1.29 is 9.53 Å². The highest BCUT2D eigenvalue weighted by molar-refractivity contribution is 5.89. The lowest BCUT2D eigenvalue weighted by molar-refractivity contribution is 0.210. The molecule has 2 atom stereocenters. The van der Waals surface area contributed by atoms with Crippen LogP contribution in [0.1, 0.15) is 32.6 Å². The van der Waals surface area contributed by atoms with E-state index in [1.165, 1.54) is 12.8 Å². The van der Waals surface area contributed by atoms with Gasteiger partial charge in [-0.1, -0.05) is 6.07 Å². The lowest BCUT2D eigenvalue weighted by atomic mass is 10.0. The van der Waals surface area contributed by atoms with Crippen molar-refractivity contribution in [2.45, 2.75) is 44.8 Å². The smallest absolute Gasteiger partial charge is 0.321 e. The Labute approximate surface area is 143 Å². The molecule has 1 heterocycles. The van der Waals surface area contributed by atoms with Gasteiger partial charge in [0.15, 0.2) is 0 Å². The standard InChI is InChI=1S/C18H28N4O2/c1-13-14(11-19-21-13)12-22(2)18(23)20-15-6-5-9-17(10-15)24-16-7-3-4-8-16/h5-6,9-10,13-14,16,19,21H,3-4,7-8,11-12H2,1-2H3,(H,20,23). The summed E-state index contributed by atoms with van der Waals surface area (Å²) in [5.74, 6) is 1.25. The lowest BCUT2D eigenvalue weighted by Gasteiger charge is -2.23. The average molecular weight is 332 g/mol. The molecule has 1 saturated heterocycles. The van der Waals surface area contributed by atoms with Gasteiger partial charge in [-0.3, -0.25) is 10.9 Å². The van der Waals surface area contributed by atoms with Crippen LogP contribution >= 0.6 is 0 Å². The first kappa shape index (κ1) is 17.0. The van der Waals surface area contributed by atoms with Crippen LogP contribution in [0.15, 0.2) is 24.3 Å². The van der Waals surface area contributed by atoms with E-state index in [0.717, 1.165) is 30.8 Å². The summed E-state index contributed by atoms with van der Waals surface area (Å²) in [4.78, 5) is 14.1. The minimum atomic E-state index is -0.0906. The molecule has 3 N–H and O–H groups in total. The van der Waals surface area contributed by atoms with Gasteiger partial charge in [0, 0.05) is 43.9 Å². The van der Waals surface area contributed by atoms with Crippen LogP contribution < -0.4 is 20.9 Å². The van der Waals surface area contributed by atoms with Crippen molar-refractivity contribution >= 4 is 11.7 Å². The third-order valence-corrected chi connectivity index (χ3v) is 4.95. The van der Waals surface area contributed by atoms with Gasteiger partial charge >= 0.3 is 6.03 Å². The predicted octanol–water partition coefficient (Wildman–Crippen LogP) is 2.58. The molecule has 1 aromatic rings. The van der Waals surface area contributed by atoms with Crippen molar-refractivity contribution in [2.75, 3.05) is 25.5 Å². The molecule has 2 fully saturated rings. The summed E-state index contributed by atoms with van der Waals surface area (Å²) in [5.41, 5.74) is 7.09. The highest BCUT2D eigenvalue weighted by Crippen LogP contribution is 2.25. The molecule has 0 radical (unpaired) electrons. The molecular weight excluding hydrogens is 304 g/mol. The van der Waals surface area contributed by atoms with Gasteiger partial charge in [0.25, 0.3) is 0 Å². The molecule has 2 amide bonds. The SMILES string of the molecule is CC1NNCC1CN(C)C(=O)Nc1cccc(OC2CCCC2)c1. The third kappa shape index (κ3) is 4.39. The molecule has 1 aliphatic heterocycles. The molecule has 1 aliphatic carbocycles. The molecule has 1 aromatic carbocycles. The highest BCUT2D eigenvalue weighted by atomic mass is 16.5. The fourth-order valence-corrected chi connectivity index (χ4v) is 3.37. The topological polar surface area (TPSA) is 65.6 Å². The molecule has 0 spiro atoms. The zero-order valence-corrected chi connectivity index (χ0v) is 14.5. The van der Waals surface area contributed by atoms with Gasteiger partial charge in [0.1, 0.15) is 5.75 Å². The zero-order valence-electron chi connectivity index (χ0n) is 14.5. The van der Waals surface area contributed by atoms with Gasteiger partial charge in [-0.25, -0.2) is 4.79 Å². The number of rotatable bonds is 5. The van der Waals surface area contributed by atoms with Gasteiger partial charge in [-0.05, 0) is 44.7 Å². The summed E-state index contributed by atoms with van der Waals surface area (Å²) >= 11 is 0. The van der Waals surface area contributed by atoms with Crippen LogP contribution in [-0.4, -0.2) is 43.2 Å². The van der Waals surface area contributed by atoms with Gasteiger partial charge in [-0.2, -0.15) is 0 Å². The number of nitrogens with zero attached hydrogens (tertiary/aromatic N) is 1. The van der Waals surface area contributed by atoms with E-state index in [1.54, 1.807) is 4.90 Å². The van der Waals surface area contributed by atoms with Crippen molar-refractivity contribution in [1.82, 2.24) is 15.8 Å². The number of amides is 2. The highest BCUT2D eigenvalue weighted by Gasteiger charge is 2.25. The third-order valence-electron chi connectivity index (χ3n) is 4.95. The van der Waals surface area contributed by atoms with Crippen LogP contribution in [-0.2, 0) is 0 Å². The fraction of sp³-hybridized carbons (Fsp3) is 0.611. The summed E-state index contributed by atoms with van der Waals surface area (Å²) in [6.45, 7) is 3.72. The number of ether oxygens (including phenoxy) is 1. The van der Waals surface area contributed by atoms with Gasteiger partial charge in [0.05, 0.1) is 6.10 Å². The summed E-state index contributed by atoms with van der Waals surface area (Å²) in [5, 5.41) is 2.96. The van der Waals surface area contributed by atoms with E-state index in [2.05, 4.69) is 23.1 Å². The van der Waals surface area contributed by atoms with Gasteiger partial charge in [0.2, 0.25) is 0 Å². The van der Waals surface area contributed by atoms with E-state index in [-0.39, 0.29) is 6.03 Å². The number of hydrazine groups is 1. The van der Waals surface area contributed by atoms with Crippen molar-refractivity contribution in [1.29, 1.82) is 0 Å². The molecule has 0 aromatic heterocycles. The summed E-state index contributed by atoms with van der Waals surface area (Å²) < 4.78 is 6.00. The molecule has 132 valence electrons. The van der Waals surface area contributed by atoms with E-state index < -0.39 is 0 Å². The van der Waals surface area contributed by atoms with Gasteiger partial charge < -0.3 is 15.0 Å². The Morgan fingerprint density at radius 1 is 1.38 bits per heavy atom. The minimum Gasteiger partial charge on any atom is -0.490 e.